The number of nitrogens with zero attached hydrogens (tertiary/aromatic N) is 1. The Bertz CT molecular complexity index is 764. The summed E-state index contributed by atoms with van der Waals surface area (Å²) in [6.07, 6.45) is 1.80. The number of hydrogen-bond acceptors (Lipinski definition) is 4. The molecule has 4 nitrogen and oxygen atoms in total. The summed E-state index contributed by atoms with van der Waals surface area (Å²) < 4.78 is 11.0. The van der Waals surface area contributed by atoms with E-state index < -0.39 is 0 Å². The van der Waals surface area contributed by atoms with Crippen molar-refractivity contribution in [1.29, 1.82) is 0 Å². The van der Waals surface area contributed by atoms with Crippen LogP contribution in [0.25, 0.3) is 11.1 Å². The van der Waals surface area contributed by atoms with Gasteiger partial charge in [-0.3, -0.25) is 0 Å². The minimum absolute atomic E-state index is 0.468. The molecule has 0 unspecified atom stereocenters. The molecule has 0 aliphatic heterocycles. The first kappa shape index (κ1) is 16.0. The molecule has 0 aliphatic rings. The lowest BCUT2D eigenvalue weighted by molar-refractivity contribution is 0.294. The predicted octanol–water partition coefficient (Wildman–Crippen LogP) is 3.79. The smallest absolute Gasteiger partial charge is 0.213 e. The minimum atomic E-state index is 0.468. The van der Waals surface area contributed by atoms with E-state index in [0.717, 1.165) is 28.0 Å². The number of benzene rings is 2. The lowest BCUT2D eigenvalue weighted by atomic mass is 10.0. The number of hydrogen-bond donors (Lipinski definition) is 1. The van der Waals surface area contributed by atoms with Crippen LogP contribution in [0.1, 0.15) is 11.1 Å². The van der Waals surface area contributed by atoms with Gasteiger partial charge in [-0.25, -0.2) is 4.98 Å². The molecule has 3 rings (SSSR count). The Balaban J connectivity index is 1.74. The number of nitrogens with two attached hydrogens (primary N) is 1. The summed E-state index contributed by atoms with van der Waals surface area (Å²) in [6, 6.07) is 19.8. The van der Waals surface area contributed by atoms with Crippen molar-refractivity contribution < 1.29 is 9.47 Å². The minimum Gasteiger partial charge on any atom is -0.497 e. The highest BCUT2D eigenvalue weighted by Gasteiger charge is 2.05. The van der Waals surface area contributed by atoms with Gasteiger partial charge in [-0.1, -0.05) is 30.3 Å². The maximum atomic E-state index is 5.75. The quantitative estimate of drug-likeness (QED) is 0.750. The van der Waals surface area contributed by atoms with Gasteiger partial charge in [0.05, 0.1) is 7.11 Å². The van der Waals surface area contributed by atoms with Crippen LogP contribution in [0.5, 0.6) is 11.6 Å². The number of methoxy groups -OCH3 is 1. The third-order valence-electron chi connectivity index (χ3n) is 3.74. The van der Waals surface area contributed by atoms with Crippen molar-refractivity contribution in [2.24, 2.45) is 5.73 Å². The van der Waals surface area contributed by atoms with Crippen molar-refractivity contribution in [2.45, 2.75) is 13.2 Å². The van der Waals surface area contributed by atoms with Crippen molar-refractivity contribution >= 4 is 0 Å². The van der Waals surface area contributed by atoms with Gasteiger partial charge >= 0.3 is 0 Å². The molecule has 0 bridgehead atoms. The van der Waals surface area contributed by atoms with Gasteiger partial charge in [0.25, 0.3) is 0 Å². The molecule has 122 valence electrons. The van der Waals surface area contributed by atoms with Gasteiger partial charge in [-0.15, -0.1) is 0 Å². The zero-order valence-electron chi connectivity index (χ0n) is 13.6. The van der Waals surface area contributed by atoms with Crippen LogP contribution in [-0.2, 0) is 13.2 Å². The first-order chi connectivity index (χ1) is 11.8. The molecule has 3 aromatic rings. The summed E-state index contributed by atoms with van der Waals surface area (Å²) in [5.41, 5.74) is 9.91. The molecule has 0 saturated heterocycles. The van der Waals surface area contributed by atoms with Gasteiger partial charge in [-0.2, -0.15) is 0 Å². The van der Waals surface area contributed by atoms with Gasteiger partial charge in [0.1, 0.15) is 12.4 Å². The van der Waals surface area contributed by atoms with Crippen molar-refractivity contribution in [2.75, 3.05) is 7.11 Å². The number of pyridine rings is 1. The monoisotopic (exact) mass is 320 g/mol. The molecule has 2 aromatic carbocycles. The molecule has 2 N–H and O–H groups in total. The summed E-state index contributed by atoms with van der Waals surface area (Å²) in [5, 5.41) is 0. The Kier molecular flexibility index (Phi) is 5.08. The second-order valence-corrected chi connectivity index (χ2v) is 5.43. The molecule has 0 aliphatic carbocycles. The van der Waals surface area contributed by atoms with E-state index in [4.69, 9.17) is 15.2 Å². The third kappa shape index (κ3) is 3.91. The predicted molar refractivity (Wildman–Crippen MR) is 94.9 cm³/mol. The SMILES string of the molecule is COc1cc(CN)cc(-c2ccc(OCc3ccccc3)nc2)c1. The summed E-state index contributed by atoms with van der Waals surface area (Å²) in [4.78, 5) is 4.39. The van der Waals surface area contributed by atoms with E-state index in [1.807, 2.05) is 60.7 Å². The molecule has 0 fully saturated rings. The second kappa shape index (κ2) is 7.62. The Hall–Kier alpha value is -2.85. The molecular weight excluding hydrogens is 300 g/mol. The molecule has 0 amide bonds. The summed E-state index contributed by atoms with van der Waals surface area (Å²) >= 11 is 0. The van der Waals surface area contributed by atoms with E-state index in [1.165, 1.54) is 0 Å². The van der Waals surface area contributed by atoms with Crippen LogP contribution in [0, 0.1) is 0 Å². The molecule has 0 radical (unpaired) electrons. The number of ether oxygens (including phenoxy) is 2. The molecule has 0 spiro atoms. The van der Waals surface area contributed by atoms with Gasteiger partial charge in [-0.05, 0) is 41.0 Å². The largest absolute Gasteiger partial charge is 0.497 e. The van der Waals surface area contributed by atoms with Gasteiger partial charge in [0, 0.05) is 24.4 Å². The van der Waals surface area contributed by atoms with Crippen molar-refractivity contribution in [1.82, 2.24) is 4.98 Å². The first-order valence-electron chi connectivity index (χ1n) is 7.79. The number of rotatable bonds is 6. The third-order valence-corrected chi connectivity index (χ3v) is 3.74. The Morgan fingerprint density at radius 3 is 2.42 bits per heavy atom. The zero-order valence-corrected chi connectivity index (χ0v) is 13.6. The first-order valence-corrected chi connectivity index (χ1v) is 7.79. The van der Waals surface area contributed by atoms with E-state index in [9.17, 15) is 0 Å². The highest BCUT2D eigenvalue weighted by atomic mass is 16.5. The van der Waals surface area contributed by atoms with E-state index in [2.05, 4.69) is 4.98 Å². The van der Waals surface area contributed by atoms with Crippen LogP contribution >= 0.6 is 0 Å². The summed E-state index contributed by atoms with van der Waals surface area (Å²) in [7, 11) is 1.65. The Morgan fingerprint density at radius 2 is 1.75 bits per heavy atom. The lowest BCUT2D eigenvalue weighted by Crippen LogP contribution is -1.98. The molecule has 1 aromatic heterocycles. The highest BCUT2D eigenvalue weighted by Crippen LogP contribution is 2.26. The molecule has 0 atom stereocenters. The van der Waals surface area contributed by atoms with Crippen LogP contribution in [0.15, 0.2) is 66.9 Å². The topological polar surface area (TPSA) is 57.4 Å². The average Bonchev–Trinajstić information content (AvgIpc) is 2.67. The van der Waals surface area contributed by atoms with Gasteiger partial charge < -0.3 is 15.2 Å². The highest BCUT2D eigenvalue weighted by molar-refractivity contribution is 5.65. The maximum Gasteiger partial charge on any atom is 0.213 e. The van der Waals surface area contributed by atoms with E-state index in [0.29, 0.717) is 19.0 Å². The fraction of sp³-hybridized carbons (Fsp3) is 0.150. The Morgan fingerprint density at radius 1 is 0.917 bits per heavy atom. The molecule has 24 heavy (non-hydrogen) atoms. The van der Waals surface area contributed by atoms with Crippen LogP contribution in [0.4, 0.5) is 0 Å². The second-order valence-electron chi connectivity index (χ2n) is 5.43. The van der Waals surface area contributed by atoms with Crippen LogP contribution in [-0.4, -0.2) is 12.1 Å². The fourth-order valence-corrected chi connectivity index (χ4v) is 2.43. The molecule has 1 heterocycles. The van der Waals surface area contributed by atoms with E-state index in [1.54, 1.807) is 13.3 Å². The fourth-order valence-electron chi connectivity index (χ4n) is 2.43. The van der Waals surface area contributed by atoms with E-state index in [-0.39, 0.29) is 0 Å². The summed E-state index contributed by atoms with van der Waals surface area (Å²) in [5.74, 6) is 1.39. The van der Waals surface area contributed by atoms with Crippen molar-refractivity contribution in [3.8, 4) is 22.8 Å². The lowest BCUT2D eigenvalue weighted by Gasteiger charge is -2.09. The van der Waals surface area contributed by atoms with Crippen molar-refractivity contribution in [3.63, 3.8) is 0 Å². The average molecular weight is 320 g/mol. The van der Waals surface area contributed by atoms with Gasteiger partial charge in [0.2, 0.25) is 5.88 Å². The van der Waals surface area contributed by atoms with Gasteiger partial charge in [0.15, 0.2) is 0 Å². The van der Waals surface area contributed by atoms with Crippen LogP contribution in [0.3, 0.4) is 0 Å². The standard InChI is InChI=1S/C20H20N2O2/c1-23-19-10-16(12-21)9-18(11-19)17-7-8-20(22-13-17)24-14-15-5-3-2-4-6-15/h2-11,13H,12,14,21H2,1H3. The normalized spacial score (nSPS) is 10.4. The van der Waals surface area contributed by atoms with Crippen LogP contribution < -0.4 is 15.2 Å². The molecular formula is C20H20N2O2. The summed E-state index contributed by atoms with van der Waals surface area (Å²) in [6.45, 7) is 0.972. The Labute approximate surface area is 141 Å². The number of aromatic nitrogens is 1. The van der Waals surface area contributed by atoms with Crippen LogP contribution in [0.2, 0.25) is 0 Å². The maximum absolute atomic E-state index is 5.75. The molecule has 4 heteroatoms. The van der Waals surface area contributed by atoms with E-state index >= 15 is 0 Å². The van der Waals surface area contributed by atoms with Crippen molar-refractivity contribution in [3.05, 3.63) is 78.0 Å². The molecule has 0 saturated carbocycles. The zero-order chi connectivity index (χ0) is 16.8.